The Morgan fingerprint density at radius 2 is 1.61 bits per heavy atom. The fourth-order valence-electron chi connectivity index (χ4n) is 5.79. The predicted octanol–water partition coefficient (Wildman–Crippen LogP) is 5.32. The average molecular weight is 547 g/mol. The van der Waals surface area contributed by atoms with Gasteiger partial charge in [0.05, 0.1) is 28.6 Å². The molecule has 0 bridgehead atoms. The van der Waals surface area contributed by atoms with Gasteiger partial charge in [0.25, 0.3) is 0 Å². The van der Waals surface area contributed by atoms with Crippen LogP contribution in [0.4, 0.5) is 5.69 Å². The molecular formula is C29H20Cl2N2O5. The number of benzene rings is 3. The normalized spacial score (nSPS) is 23.2. The highest BCUT2D eigenvalue weighted by molar-refractivity contribution is 6.37. The fraction of sp³-hybridized carbons (Fsp3) is 0.172. The third kappa shape index (κ3) is 3.73. The van der Waals surface area contributed by atoms with Gasteiger partial charge in [0.2, 0.25) is 11.8 Å². The summed E-state index contributed by atoms with van der Waals surface area (Å²) in [4.78, 5) is 56.2. The summed E-state index contributed by atoms with van der Waals surface area (Å²) in [7, 11) is 0. The van der Waals surface area contributed by atoms with E-state index in [1.165, 1.54) is 25.1 Å². The van der Waals surface area contributed by atoms with Gasteiger partial charge >= 0.3 is 5.97 Å². The Kier molecular flexibility index (Phi) is 5.85. The SMILES string of the molecule is CC(=O)Oc1ccc(N2C(=O)[C@@H]3[C@H](C2=O)[C@H]2c4ccccc4C=CN2[C@H]3C(=O)c2ccc(Cl)cc2Cl)cc1. The summed E-state index contributed by atoms with van der Waals surface area (Å²) < 4.78 is 5.08. The zero-order valence-corrected chi connectivity index (χ0v) is 21.5. The molecule has 3 aliphatic rings. The molecule has 3 aromatic carbocycles. The van der Waals surface area contributed by atoms with Crippen molar-refractivity contribution >= 4 is 58.5 Å². The number of hydrogen-bond acceptors (Lipinski definition) is 6. The number of esters is 1. The van der Waals surface area contributed by atoms with Crippen molar-refractivity contribution in [1.29, 1.82) is 0 Å². The van der Waals surface area contributed by atoms with Crippen LogP contribution in [0.25, 0.3) is 6.08 Å². The van der Waals surface area contributed by atoms with Crippen LogP contribution in [0.2, 0.25) is 10.0 Å². The van der Waals surface area contributed by atoms with Crippen molar-refractivity contribution in [1.82, 2.24) is 4.90 Å². The van der Waals surface area contributed by atoms with Crippen molar-refractivity contribution in [2.24, 2.45) is 11.8 Å². The number of amides is 2. The molecule has 3 aliphatic heterocycles. The van der Waals surface area contributed by atoms with Crippen molar-refractivity contribution < 1.29 is 23.9 Å². The van der Waals surface area contributed by atoms with E-state index in [9.17, 15) is 19.2 Å². The number of fused-ring (bicyclic) bond motifs is 5. The Hall–Kier alpha value is -3.94. The Morgan fingerprint density at radius 3 is 2.32 bits per heavy atom. The minimum atomic E-state index is -0.949. The average Bonchev–Trinajstić information content (AvgIpc) is 3.36. The largest absolute Gasteiger partial charge is 0.427 e. The van der Waals surface area contributed by atoms with Crippen molar-refractivity contribution in [2.45, 2.75) is 19.0 Å². The van der Waals surface area contributed by atoms with Crippen molar-refractivity contribution in [3.05, 3.63) is 99.7 Å². The van der Waals surface area contributed by atoms with Gasteiger partial charge in [-0.15, -0.1) is 0 Å². The molecule has 2 saturated heterocycles. The predicted molar refractivity (Wildman–Crippen MR) is 142 cm³/mol. The molecule has 38 heavy (non-hydrogen) atoms. The molecule has 3 aromatic rings. The minimum absolute atomic E-state index is 0.179. The maximum Gasteiger partial charge on any atom is 0.308 e. The lowest BCUT2D eigenvalue weighted by Gasteiger charge is -2.35. The van der Waals surface area contributed by atoms with E-state index in [4.69, 9.17) is 27.9 Å². The van der Waals surface area contributed by atoms with Crippen molar-refractivity contribution in [2.75, 3.05) is 4.90 Å². The fourth-order valence-corrected chi connectivity index (χ4v) is 6.29. The van der Waals surface area contributed by atoms with Gasteiger partial charge in [-0.1, -0.05) is 47.5 Å². The molecule has 0 aliphatic carbocycles. The van der Waals surface area contributed by atoms with Crippen LogP contribution < -0.4 is 9.64 Å². The van der Waals surface area contributed by atoms with Gasteiger partial charge in [0, 0.05) is 23.7 Å². The lowest BCUT2D eigenvalue weighted by molar-refractivity contribution is -0.132. The van der Waals surface area contributed by atoms with Crippen LogP contribution in [0.3, 0.4) is 0 Å². The van der Waals surface area contributed by atoms with Crippen molar-refractivity contribution in [3.63, 3.8) is 0 Å². The topological polar surface area (TPSA) is 84.0 Å². The molecule has 6 rings (SSSR count). The van der Waals surface area contributed by atoms with E-state index in [0.717, 1.165) is 16.0 Å². The van der Waals surface area contributed by atoms with Gasteiger partial charge in [-0.25, -0.2) is 4.90 Å². The third-order valence-corrected chi connectivity index (χ3v) is 7.83. The number of rotatable bonds is 4. The quantitative estimate of drug-likeness (QED) is 0.190. The van der Waals surface area contributed by atoms with Crippen LogP contribution in [0.5, 0.6) is 5.75 Å². The minimum Gasteiger partial charge on any atom is -0.427 e. The first kappa shape index (κ1) is 24.4. The number of halogens is 2. The second-order valence-electron chi connectivity index (χ2n) is 9.42. The maximum atomic E-state index is 14.0. The van der Waals surface area contributed by atoms with Gasteiger partial charge in [-0.2, -0.15) is 0 Å². The number of ether oxygens (including phenoxy) is 1. The molecule has 0 unspecified atom stereocenters. The highest BCUT2D eigenvalue weighted by Crippen LogP contribution is 2.54. The van der Waals surface area contributed by atoms with E-state index < -0.39 is 41.7 Å². The van der Waals surface area contributed by atoms with E-state index in [2.05, 4.69) is 0 Å². The highest BCUT2D eigenvalue weighted by Gasteiger charge is 2.64. The summed E-state index contributed by atoms with van der Waals surface area (Å²) in [6.07, 6.45) is 3.67. The van der Waals surface area contributed by atoms with Crippen LogP contribution in [0.1, 0.15) is 34.5 Å². The van der Waals surface area contributed by atoms with Crippen LogP contribution in [0.15, 0.2) is 72.9 Å². The first-order valence-corrected chi connectivity index (χ1v) is 12.7. The van der Waals surface area contributed by atoms with Gasteiger partial charge in [-0.05, 0) is 59.7 Å². The van der Waals surface area contributed by atoms with E-state index in [0.29, 0.717) is 16.5 Å². The number of carbonyl (C=O) groups is 4. The first-order valence-electron chi connectivity index (χ1n) is 12.0. The highest BCUT2D eigenvalue weighted by atomic mass is 35.5. The molecule has 0 saturated carbocycles. The number of anilines is 1. The molecule has 0 aromatic heterocycles. The molecule has 9 heteroatoms. The standard InChI is InChI=1S/C29H20Cl2N2O5/c1-15(34)38-19-9-7-18(8-10-19)33-28(36)23-24(29(33)37)26(27(35)21-11-6-17(30)14-22(21)31)32-13-12-16-4-2-3-5-20(16)25(23)32/h2-14,23-26H,1H3/t23-,24+,25+,26+/m0/s1. The Bertz CT molecular complexity index is 1550. The zero-order valence-electron chi connectivity index (χ0n) is 20.0. The number of imide groups is 1. The lowest BCUT2D eigenvalue weighted by atomic mass is 9.83. The summed E-state index contributed by atoms with van der Waals surface area (Å²) in [5, 5.41) is 0.564. The van der Waals surface area contributed by atoms with Crippen LogP contribution in [-0.4, -0.2) is 34.5 Å². The number of hydrogen-bond donors (Lipinski definition) is 0. The molecule has 0 spiro atoms. The van der Waals surface area contributed by atoms with Crippen LogP contribution in [0, 0.1) is 11.8 Å². The monoisotopic (exact) mass is 546 g/mol. The van der Waals surface area contributed by atoms with Crippen molar-refractivity contribution in [3.8, 4) is 5.75 Å². The molecule has 2 fully saturated rings. The lowest BCUT2D eigenvalue weighted by Crippen LogP contribution is -2.44. The summed E-state index contributed by atoms with van der Waals surface area (Å²) in [5.41, 5.74) is 2.37. The zero-order chi connectivity index (χ0) is 26.7. The molecule has 190 valence electrons. The molecule has 4 atom stereocenters. The van der Waals surface area contributed by atoms with E-state index >= 15 is 0 Å². The summed E-state index contributed by atoms with van der Waals surface area (Å²) in [6.45, 7) is 1.29. The number of nitrogens with zero attached hydrogens (tertiary/aromatic N) is 2. The smallest absolute Gasteiger partial charge is 0.308 e. The summed E-state index contributed by atoms with van der Waals surface area (Å²) in [6, 6.07) is 16.9. The number of Topliss-reactive ketones (excluding diaryl/α,β-unsaturated/α-hetero) is 1. The Labute approximate surface area is 228 Å². The molecular weight excluding hydrogens is 527 g/mol. The van der Waals surface area contributed by atoms with E-state index in [1.807, 2.05) is 35.2 Å². The molecule has 2 amide bonds. The summed E-state index contributed by atoms with van der Waals surface area (Å²) >= 11 is 12.5. The van der Waals surface area contributed by atoms with Crippen LogP contribution >= 0.6 is 23.2 Å². The van der Waals surface area contributed by atoms with Gasteiger partial charge < -0.3 is 9.64 Å². The molecule has 0 radical (unpaired) electrons. The molecule has 3 heterocycles. The van der Waals surface area contributed by atoms with Gasteiger partial charge in [-0.3, -0.25) is 19.2 Å². The van der Waals surface area contributed by atoms with E-state index in [1.54, 1.807) is 30.5 Å². The van der Waals surface area contributed by atoms with Crippen LogP contribution in [-0.2, 0) is 14.4 Å². The second-order valence-corrected chi connectivity index (χ2v) is 10.3. The summed E-state index contributed by atoms with van der Waals surface area (Å²) in [5.74, 6) is -3.13. The van der Waals surface area contributed by atoms with Gasteiger partial charge in [0.15, 0.2) is 5.78 Å². The Morgan fingerprint density at radius 1 is 0.895 bits per heavy atom. The number of ketones is 1. The number of carbonyl (C=O) groups excluding carboxylic acids is 4. The molecule has 7 nitrogen and oxygen atoms in total. The van der Waals surface area contributed by atoms with Gasteiger partial charge in [0.1, 0.15) is 11.8 Å². The third-order valence-electron chi connectivity index (χ3n) is 7.28. The maximum absolute atomic E-state index is 14.0. The first-order chi connectivity index (χ1) is 18.3. The second kappa shape index (κ2) is 9.11. The Balaban J connectivity index is 1.45. The molecule has 0 N–H and O–H groups in total. The van der Waals surface area contributed by atoms with E-state index in [-0.39, 0.29) is 16.4 Å².